The predicted octanol–water partition coefficient (Wildman–Crippen LogP) is 2.08. The molecule has 8 nitrogen and oxygen atoms in total. The topological polar surface area (TPSA) is 98.8 Å². The van der Waals surface area contributed by atoms with E-state index in [9.17, 15) is 10.1 Å². The minimum Gasteiger partial charge on any atom is -0.310 e. The Morgan fingerprint density at radius 1 is 1.48 bits per heavy atom. The van der Waals surface area contributed by atoms with E-state index in [1.54, 1.807) is 12.1 Å². The van der Waals surface area contributed by atoms with Crippen LogP contribution in [0.15, 0.2) is 22.7 Å². The average Bonchev–Trinajstić information content (AvgIpc) is 2.87. The smallest absolute Gasteiger partial charge is 0.285 e. The van der Waals surface area contributed by atoms with Crippen LogP contribution < -0.4 is 5.32 Å². The first kappa shape index (κ1) is 15.5. The largest absolute Gasteiger partial charge is 0.310 e. The number of hydrogen-bond donors (Lipinski definition) is 1. The van der Waals surface area contributed by atoms with E-state index in [1.165, 1.54) is 10.7 Å². The van der Waals surface area contributed by atoms with E-state index in [4.69, 9.17) is 0 Å². The number of halogens is 1. The van der Waals surface area contributed by atoms with Crippen molar-refractivity contribution >= 4 is 21.6 Å². The maximum absolute atomic E-state index is 11.0. The summed E-state index contributed by atoms with van der Waals surface area (Å²) in [5.74, 6) is 1.12. The van der Waals surface area contributed by atoms with E-state index in [0.29, 0.717) is 28.4 Å². The van der Waals surface area contributed by atoms with Crippen LogP contribution in [0.1, 0.15) is 19.7 Å². The van der Waals surface area contributed by atoms with Crippen LogP contribution in [0.25, 0.3) is 5.69 Å². The summed E-state index contributed by atoms with van der Waals surface area (Å²) in [7, 11) is 0. The molecule has 0 bridgehead atoms. The second kappa shape index (κ2) is 6.72. The van der Waals surface area contributed by atoms with Gasteiger partial charge >= 0.3 is 0 Å². The van der Waals surface area contributed by atoms with Crippen molar-refractivity contribution in [1.82, 2.24) is 25.5 Å². The Kier molecular flexibility index (Phi) is 4.97. The zero-order valence-corrected chi connectivity index (χ0v) is 13.2. The van der Waals surface area contributed by atoms with Gasteiger partial charge < -0.3 is 5.32 Å². The zero-order valence-electron chi connectivity index (χ0n) is 11.7. The van der Waals surface area contributed by atoms with Crippen molar-refractivity contribution in [2.24, 2.45) is 5.92 Å². The summed E-state index contributed by atoms with van der Waals surface area (Å²) >= 11 is 3.16. The lowest BCUT2D eigenvalue weighted by Gasteiger charge is -2.08. The third-order valence-corrected chi connectivity index (χ3v) is 3.41. The predicted molar refractivity (Wildman–Crippen MR) is 80.1 cm³/mol. The molecule has 21 heavy (non-hydrogen) atoms. The molecule has 2 aromatic rings. The molecule has 112 valence electrons. The van der Waals surface area contributed by atoms with Gasteiger partial charge in [-0.25, -0.2) is 0 Å². The Morgan fingerprint density at radius 2 is 2.24 bits per heavy atom. The summed E-state index contributed by atoms with van der Waals surface area (Å²) in [6.07, 6.45) is 0. The quantitative estimate of drug-likeness (QED) is 0.629. The van der Waals surface area contributed by atoms with Gasteiger partial charge in [0.15, 0.2) is 5.82 Å². The van der Waals surface area contributed by atoms with Gasteiger partial charge in [-0.15, -0.1) is 5.10 Å². The molecule has 9 heteroatoms. The van der Waals surface area contributed by atoms with Crippen LogP contribution >= 0.6 is 15.9 Å². The van der Waals surface area contributed by atoms with Gasteiger partial charge in [-0.2, -0.15) is 4.68 Å². The van der Waals surface area contributed by atoms with Gasteiger partial charge in [0.2, 0.25) is 0 Å². The molecule has 0 saturated carbocycles. The van der Waals surface area contributed by atoms with Gasteiger partial charge in [0.05, 0.1) is 21.6 Å². The molecular formula is C12H15BrN6O2. The molecule has 0 aliphatic carbocycles. The Balaban J connectivity index is 2.25. The minimum atomic E-state index is -0.450. The van der Waals surface area contributed by atoms with E-state index >= 15 is 0 Å². The van der Waals surface area contributed by atoms with Gasteiger partial charge in [0, 0.05) is 6.07 Å². The molecule has 0 amide bonds. The lowest BCUT2D eigenvalue weighted by atomic mass is 10.2. The summed E-state index contributed by atoms with van der Waals surface area (Å²) in [4.78, 5) is 10.5. The van der Waals surface area contributed by atoms with Gasteiger partial charge in [-0.05, 0) is 51.0 Å². The molecule has 1 aromatic heterocycles. The van der Waals surface area contributed by atoms with Gasteiger partial charge in [0.1, 0.15) is 0 Å². The van der Waals surface area contributed by atoms with Crippen LogP contribution in [0.3, 0.4) is 0 Å². The maximum atomic E-state index is 11.0. The third-order valence-electron chi connectivity index (χ3n) is 2.74. The van der Waals surface area contributed by atoms with Crippen LogP contribution in [0.5, 0.6) is 0 Å². The molecule has 0 aliphatic heterocycles. The number of tetrazole rings is 1. The van der Waals surface area contributed by atoms with Crippen LogP contribution in [0.4, 0.5) is 5.69 Å². The highest BCUT2D eigenvalue weighted by molar-refractivity contribution is 9.10. The van der Waals surface area contributed by atoms with Crippen molar-refractivity contribution in [3.8, 4) is 5.69 Å². The van der Waals surface area contributed by atoms with Crippen molar-refractivity contribution in [2.75, 3.05) is 6.54 Å². The molecule has 0 spiro atoms. The van der Waals surface area contributed by atoms with Crippen LogP contribution in [0.2, 0.25) is 0 Å². The highest BCUT2D eigenvalue weighted by atomic mass is 79.9. The molecule has 1 N–H and O–H groups in total. The number of aromatic nitrogens is 4. The van der Waals surface area contributed by atoms with E-state index in [0.717, 1.165) is 6.54 Å². The van der Waals surface area contributed by atoms with Gasteiger partial charge in [-0.3, -0.25) is 10.1 Å². The number of benzene rings is 1. The van der Waals surface area contributed by atoms with E-state index in [1.807, 2.05) is 0 Å². The monoisotopic (exact) mass is 354 g/mol. The summed E-state index contributed by atoms with van der Waals surface area (Å²) in [5.41, 5.74) is 0.528. The molecule has 0 fully saturated rings. The van der Waals surface area contributed by atoms with Gasteiger partial charge in [-0.1, -0.05) is 13.8 Å². The van der Waals surface area contributed by atoms with E-state index in [-0.39, 0.29) is 5.69 Å². The Morgan fingerprint density at radius 3 is 2.90 bits per heavy atom. The number of nitrogens with zero attached hydrogens (tertiary/aromatic N) is 5. The minimum absolute atomic E-state index is 0.0240. The van der Waals surface area contributed by atoms with E-state index in [2.05, 4.69) is 50.6 Å². The number of hydrogen-bond acceptors (Lipinski definition) is 6. The van der Waals surface area contributed by atoms with Crippen molar-refractivity contribution in [3.05, 3.63) is 38.6 Å². The fourth-order valence-electron chi connectivity index (χ4n) is 1.76. The SMILES string of the molecule is CC(C)CNCc1nnnn1-c1ccc(Br)c([N+](=O)[O-])c1. The standard InChI is InChI=1S/C12H15BrN6O2/c1-8(2)6-14-7-12-15-16-17-18(12)9-3-4-10(13)11(5-9)19(20)21/h3-5,8,14H,6-7H2,1-2H3. The number of rotatable bonds is 6. The Hall–Kier alpha value is -1.87. The van der Waals surface area contributed by atoms with Crippen LogP contribution in [-0.4, -0.2) is 31.7 Å². The first-order valence-electron chi connectivity index (χ1n) is 6.41. The zero-order chi connectivity index (χ0) is 15.4. The number of nitro benzene ring substituents is 1. The molecule has 0 radical (unpaired) electrons. The van der Waals surface area contributed by atoms with Crippen LogP contribution in [0, 0.1) is 16.0 Å². The summed E-state index contributed by atoms with van der Waals surface area (Å²) in [6, 6.07) is 4.77. The molecular weight excluding hydrogens is 340 g/mol. The van der Waals surface area contributed by atoms with Gasteiger partial charge in [0.25, 0.3) is 5.69 Å². The third kappa shape index (κ3) is 3.82. The Bertz CT molecular complexity index is 642. The first-order valence-corrected chi connectivity index (χ1v) is 7.20. The average molecular weight is 355 g/mol. The van der Waals surface area contributed by atoms with Crippen LogP contribution in [-0.2, 0) is 6.54 Å². The highest BCUT2D eigenvalue weighted by Gasteiger charge is 2.15. The van der Waals surface area contributed by atoms with Crippen molar-refractivity contribution in [3.63, 3.8) is 0 Å². The molecule has 1 aromatic carbocycles. The highest BCUT2D eigenvalue weighted by Crippen LogP contribution is 2.27. The second-order valence-corrected chi connectivity index (χ2v) is 5.78. The van der Waals surface area contributed by atoms with Crippen molar-refractivity contribution in [1.29, 1.82) is 0 Å². The number of nitrogens with one attached hydrogen (secondary N) is 1. The lowest BCUT2D eigenvalue weighted by molar-refractivity contribution is -0.385. The molecule has 1 heterocycles. The van der Waals surface area contributed by atoms with Crippen molar-refractivity contribution < 1.29 is 4.92 Å². The normalized spacial score (nSPS) is 11.0. The first-order chi connectivity index (χ1) is 9.99. The fraction of sp³-hybridized carbons (Fsp3) is 0.417. The molecule has 2 rings (SSSR count). The number of nitro groups is 1. The van der Waals surface area contributed by atoms with Crippen molar-refractivity contribution in [2.45, 2.75) is 20.4 Å². The maximum Gasteiger partial charge on any atom is 0.285 e. The summed E-state index contributed by atoms with van der Waals surface area (Å²) < 4.78 is 1.91. The molecule has 0 atom stereocenters. The second-order valence-electron chi connectivity index (χ2n) is 4.92. The van der Waals surface area contributed by atoms with E-state index < -0.39 is 4.92 Å². The fourth-order valence-corrected chi connectivity index (χ4v) is 2.15. The molecule has 0 saturated heterocycles. The summed E-state index contributed by atoms with van der Waals surface area (Å²) in [5, 5.41) is 25.7. The Labute approximate surface area is 129 Å². The summed E-state index contributed by atoms with van der Waals surface area (Å²) in [6.45, 7) is 5.55. The molecule has 0 aliphatic rings. The lowest BCUT2D eigenvalue weighted by Crippen LogP contribution is -2.21. The molecule has 0 unspecified atom stereocenters.